The van der Waals surface area contributed by atoms with E-state index in [4.69, 9.17) is 5.73 Å². The predicted molar refractivity (Wildman–Crippen MR) is 98.6 cm³/mol. The Morgan fingerprint density at radius 3 is 2.32 bits per heavy atom. The standard InChI is InChI=1S/C21H31NO3/c1-12-16(22)11-17-20(2,3)6-5-7-21(17,4)18(12)19(25)13-8-14(23)10-15(24)9-13/h8-10,12,16-18,23-24H,5-7,11,22H2,1-4H3/t12-,16-,17+,18?,21+/m1/s1. The fourth-order valence-corrected chi connectivity index (χ4v) is 5.92. The van der Waals surface area contributed by atoms with Gasteiger partial charge in [-0.25, -0.2) is 0 Å². The first-order chi connectivity index (χ1) is 11.6. The van der Waals surface area contributed by atoms with E-state index in [1.165, 1.54) is 24.6 Å². The van der Waals surface area contributed by atoms with Gasteiger partial charge in [-0.2, -0.15) is 0 Å². The molecule has 1 unspecified atom stereocenters. The molecule has 0 bridgehead atoms. The summed E-state index contributed by atoms with van der Waals surface area (Å²) >= 11 is 0. The van der Waals surface area contributed by atoms with E-state index < -0.39 is 0 Å². The molecule has 2 saturated carbocycles. The van der Waals surface area contributed by atoms with Crippen molar-refractivity contribution in [3.63, 3.8) is 0 Å². The number of hydrogen-bond donors (Lipinski definition) is 3. The summed E-state index contributed by atoms with van der Waals surface area (Å²) in [6.07, 6.45) is 4.28. The number of hydrogen-bond acceptors (Lipinski definition) is 4. The third kappa shape index (κ3) is 2.95. The van der Waals surface area contributed by atoms with E-state index in [0.717, 1.165) is 19.3 Å². The van der Waals surface area contributed by atoms with Gasteiger partial charge in [0.1, 0.15) is 11.5 Å². The summed E-state index contributed by atoms with van der Waals surface area (Å²) in [5.41, 5.74) is 6.93. The maximum atomic E-state index is 13.5. The van der Waals surface area contributed by atoms with Crippen LogP contribution in [-0.4, -0.2) is 22.0 Å². The molecule has 4 nitrogen and oxygen atoms in total. The topological polar surface area (TPSA) is 83.5 Å². The van der Waals surface area contributed by atoms with Crippen molar-refractivity contribution in [2.75, 3.05) is 0 Å². The minimum atomic E-state index is -0.193. The van der Waals surface area contributed by atoms with Gasteiger partial charge in [0.2, 0.25) is 0 Å². The van der Waals surface area contributed by atoms with Gasteiger partial charge in [-0.05, 0) is 54.1 Å². The van der Waals surface area contributed by atoms with Crippen molar-refractivity contribution in [1.82, 2.24) is 0 Å². The van der Waals surface area contributed by atoms with Crippen LogP contribution in [0.5, 0.6) is 11.5 Å². The molecule has 2 aliphatic carbocycles. The Morgan fingerprint density at radius 1 is 1.12 bits per heavy atom. The van der Waals surface area contributed by atoms with E-state index in [-0.39, 0.29) is 46.0 Å². The molecule has 3 rings (SSSR count). The van der Waals surface area contributed by atoms with Crippen LogP contribution in [0, 0.1) is 28.6 Å². The van der Waals surface area contributed by atoms with Gasteiger partial charge in [0.15, 0.2) is 5.78 Å². The fourth-order valence-electron chi connectivity index (χ4n) is 5.92. The summed E-state index contributed by atoms with van der Waals surface area (Å²) in [4.78, 5) is 13.5. The minimum Gasteiger partial charge on any atom is -0.508 e. The molecule has 0 aromatic heterocycles. The van der Waals surface area contributed by atoms with E-state index >= 15 is 0 Å². The molecule has 4 heteroatoms. The van der Waals surface area contributed by atoms with Crippen LogP contribution in [-0.2, 0) is 0 Å². The molecule has 25 heavy (non-hydrogen) atoms. The van der Waals surface area contributed by atoms with E-state index in [2.05, 4.69) is 27.7 Å². The summed E-state index contributed by atoms with van der Waals surface area (Å²) in [5, 5.41) is 19.6. The number of phenolic OH excluding ortho intramolecular Hbond substituents is 2. The average Bonchev–Trinajstić information content (AvgIpc) is 2.48. The lowest BCUT2D eigenvalue weighted by Crippen LogP contribution is -2.59. The third-order valence-corrected chi connectivity index (χ3v) is 7.16. The third-order valence-electron chi connectivity index (χ3n) is 7.16. The van der Waals surface area contributed by atoms with Gasteiger partial charge in [0.25, 0.3) is 0 Å². The quantitative estimate of drug-likeness (QED) is 0.705. The van der Waals surface area contributed by atoms with Gasteiger partial charge >= 0.3 is 0 Å². The highest BCUT2D eigenvalue weighted by Gasteiger charge is 2.57. The average molecular weight is 345 g/mol. The number of carbonyl (C=O) groups is 1. The molecule has 0 radical (unpaired) electrons. The van der Waals surface area contributed by atoms with Crippen molar-refractivity contribution in [2.24, 2.45) is 34.3 Å². The van der Waals surface area contributed by atoms with Crippen LogP contribution in [0.1, 0.15) is 63.7 Å². The van der Waals surface area contributed by atoms with E-state index in [1.54, 1.807) is 0 Å². The number of nitrogens with two attached hydrogens (primary N) is 1. The monoisotopic (exact) mass is 345 g/mol. The maximum absolute atomic E-state index is 13.5. The Morgan fingerprint density at radius 2 is 1.72 bits per heavy atom. The Labute approximate surface area is 150 Å². The number of rotatable bonds is 2. The second-order valence-electron chi connectivity index (χ2n) is 9.24. The van der Waals surface area contributed by atoms with Crippen LogP contribution in [0.2, 0.25) is 0 Å². The Bertz CT molecular complexity index is 663. The number of aromatic hydroxyl groups is 2. The normalized spacial score (nSPS) is 37.3. The number of fused-ring (bicyclic) bond motifs is 1. The van der Waals surface area contributed by atoms with Gasteiger partial charge < -0.3 is 15.9 Å². The highest BCUT2D eigenvalue weighted by Crippen LogP contribution is 2.61. The molecule has 0 saturated heterocycles. The number of ketones is 1. The molecule has 1 aromatic rings. The van der Waals surface area contributed by atoms with Crippen LogP contribution < -0.4 is 5.73 Å². The van der Waals surface area contributed by atoms with Gasteiger partial charge in [0.05, 0.1) is 0 Å². The summed E-state index contributed by atoms with van der Waals surface area (Å²) < 4.78 is 0. The first-order valence-electron chi connectivity index (χ1n) is 9.39. The summed E-state index contributed by atoms with van der Waals surface area (Å²) in [6.45, 7) is 8.95. The fraction of sp³-hybridized carbons (Fsp3) is 0.667. The molecule has 2 aliphatic rings. The van der Waals surface area contributed by atoms with Gasteiger partial charge in [-0.3, -0.25) is 4.79 Å². The SMILES string of the molecule is C[C@H]1C(C(=O)c2cc(O)cc(O)c2)[C@@]2(C)CCCC(C)(C)[C@@H]2C[C@H]1N. The van der Waals surface area contributed by atoms with Crippen LogP contribution in [0.3, 0.4) is 0 Å². The van der Waals surface area contributed by atoms with Crippen molar-refractivity contribution in [2.45, 2.75) is 59.4 Å². The number of Topliss-reactive ketones (excluding diaryl/α,β-unsaturated/α-hetero) is 1. The van der Waals surface area contributed by atoms with Gasteiger partial charge in [-0.15, -0.1) is 0 Å². The second-order valence-corrected chi connectivity index (χ2v) is 9.24. The zero-order valence-electron chi connectivity index (χ0n) is 15.7. The molecule has 2 fully saturated rings. The summed E-state index contributed by atoms with van der Waals surface area (Å²) in [7, 11) is 0. The Hall–Kier alpha value is -1.55. The first kappa shape index (κ1) is 18.2. The largest absolute Gasteiger partial charge is 0.508 e. The lowest BCUT2D eigenvalue weighted by Gasteiger charge is -2.60. The van der Waals surface area contributed by atoms with Crippen molar-refractivity contribution >= 4 is 5.78 Å². The maximum Gasteiger partial charge on any atom is 0.167 e. The van der Waals surface area contributed by atoms with Crippen LogP contribution >= 0.6 is 0 Å². The van der Waals surface area contributed by atoms with E-state index in [0.29, 0.717) is 11.5 Å². The zero-order chi connectivity index (χ0) is 18.6. The zero-order valence-corrected chi connectivity index (χ0v) is 15.7. The van der Waals surface area contributed by atoms with Gasteiger partial charge in [0, 0.05) is 23.6 Å². The van der Waals surface area contributed by atoms with Crippen molar-refractivity contribution in [3.05, 3.63) is 23.8 Å². The summed E-state index contributed by atoms with van der Waals surface area (Å²) in [5.74, 6) is 0.122. The summed E-state index contributed by atoms with van der Waals surface area (Å²) in [6, 6.07) is 4.17. The Balaban J connectivity index is 2.06. The minimum absolute atomic E-state index is 0.000880. The highest BCUT2D eigenvalue weighted by molar-refractivity contribution is 5.99. The van der Waals surface area contributed by atoms with E-state index in [9.17, 15) is 15.0 Å². The second kappa shape index (κ2) is 6.01. The van der Waals surface area contributed by atoms with Crippen molar-refractivity contribution in [1.29, 1.82) is 0 Å². The molecule has 0 heterocycles. The van der Waals surface area contributed by atoms with Crippen LogP contribution in [0.25, 0.3) is 0 Å². The smallest absolute Gasteiger partial charge is 0.167 e. The molecule has 138 valence electrons. The predicted octanol–water partition coefficient (Wildman–Crippen LogP) is 4.10. The molecule has 4 N–H and O–H groups in total. The molecule has 5 atom stereocenters. The number of benzene rings is 1. The molecular formula is C21H31NO3. The van der Waals surface area contributed by atoms with Crippen molar-refractivity contribution < 1.29 is 15.0 Å². The van der Waals surface area contributed by atoms with Crippen LogP contribution in [0.15, 0.2) is 18.2 Å². The molecule has 0 amide bonds. The lowest BCUT2D eigenvalue weighted by molar-refractivity contribution is -0.0865. The molecule has 0 spiro atoms. The Kier molecular flexibility index (Phi) is 4.39. The lowest BCUT2D eigenvalue weighted by atomic mass is 9.45. The molecular weight excluding hydrogens is 314 g/mol. The number of phenols is 2. The van der Waals surface area contributed by atoms with Gasteiger partial charge in [-0.1, -0.05) is 34.1 Å². The molecule has 1 aromatic carbocycles. The molecule has 0 aliphatic heterocycles. The first-order valence-corrected chi connectivity index (χ1v) is 9.39. The highest BCUT2D eigenvalue weighted by atomic mass is 16.3. The number of carbonyl (C=O) groups excluding carboxylic acids is 1. The van der Waals surface area contributed by atoms with Crippen LogP contribution in [0.4, 0.5) is 0 Å². The van der Waals surface area contributed by atoms with Crippen molar-refractivity contribution in [3.8, 4) is 11.5 Å². The van der Waals surface area contributed by atoms with E-state index in [1.807, 2.05) is 0 Å².